The number of aromatic amines is 1. The maximum Gasteiger partial charge on any atom is 0.271 e. The van der Waals surface area contributed by atoms with E-state index in [1.165, 1.54) is 6.20 Å². The highest BCUT2D eigenvalue weighted by Crippen LogP contribution is 2.35. The first-order valence-electron chi connectivity index (χ1n) is 7.98. The van der Waals surface area contributed by atoms with Gasteiger partial charge in [-0.2, -0.15) is 9.40 Å². The summed E-state index contributed by atoms with van der Waals surface area (Å²) < 4.78 is 32.7. The second kappa shape index (κ2) is 5.57. The molecule has 2 saturated heterocycles. The number of morpholine rings is 1. The fourth-order valence-electron chi connectivity index (χ4n) is 3.44. The number of rotatable bonds is 3. The average Bonchev–Trinajstić information content (AvgIpc) is 3.29. The first kappa shape index (κ1) is 15.1. The Morgan fingerprint density at radius 3 is 2.83 bits per heavy atom. The average molecular weight is 340 g/mol. The van der Waals surface area contributed by atoms with Gasteiger partial charge in [0.25, 0.3) is 5.91 Å². The topological polar surface area (TPSA) is 95.6 Å². The van der Waals surface area contributed by atoms with E-state index >= 15 is 0 Å². The smallest absolute Gasteiger partial charge is 0.271 e. The van der Waals surface area contributed by atoms with Gasteiger partial charge in [-0.3, -0.25) is 9.89 Å². The van der Waals surface area contributed by atoms with E-state index in [-0.39, 0.29) is 23.3 Å². The van der Waals surface area contributed by atoms with Crippen molar-refractivity contribution >= 4 is 15.9 Å². The normalized spacial score (nSPS) is 29.3. The van der Waals surface area contributed by atoms with Gasteiger partial charge in [-0.15, -0.1) is 0 Å². The molecule has 126 valence electrons. The van der Waals surface area contributed by atoms with Crippen LogP contribution in [0.4, 0.5) is 0 Å². The second-order valence-corrected chi connectivity index (χ2v) is 8.51. The van der Waals surface area contributed by atoms with Gasteiger partial charge in [-0.1, -0.05) is 0 Å². The summed E-state index contributed by atoms with van der Waals surface area (Å²) in [5.41, 5.74) is 0.428. The van der Waals surface area contributed by atoms with Crippen LogP contribution in [0.5, 0.6) is 0 Å². The van der Waals surface area contributed by atoms with Crippen LogP contribution in [0.2, 0.25) is 0 Å². The van der Waals surface area contributed by atoms with E-state index in [0.717, 1.165) is 12.8 Å². The molecule has 1 aliphatic carbocycles. The van der Waals surface area contributed by atoms with Crippen LogP contribution in [0.1, 0.15) is 29.8 Å². The molecule has 1 saturated carbocycles. The lowest BCUT2D eigenvalue weighted by Crippen LogP contribution is -2.62. The minimum atomic E-state index is -3.27. The van der Waals surface area contributed by atoms with E-state index in [1.54, 1.807) is 15.3 Å². The zero-order chi connectivity index (χ0) is 16.0. The fourth-order valence-corrected chi connectivity index (χ4v) is 5.47. The monoisotopic (exact) mass is 340 g/mol. The molecule has 8 nitrogen and oxygen atoms in total. The van der Waals surface area contributed by atoms with Crippen molar-refractivity contribution in [2.75, 3.05) is 26.2 Å². The number of ether oxygens (including phenoxy) is 1. The van der Waals surface area contributed by atoms with E-state index in [9.17, 15) is 13.2 Å². The molecule has 23 heavy (non-hydrogen) atoms. The molecule has 0 unspecified atom stereocenters. The van der Waals surface area contributed by atoms with Crippen LogP contribution in [0.15, 0.2) is 12.3 Å². The number of amides is 1. The van der Waals surface area contributed by atoms with Crippen molar-refractivity contribution in [3.05, 3.63) is 18.0 Å². The zero-order valence-corrected chi connectivity index (χ0v) is 13.5. The summed E-state index contributed by atoms with van der Waals surface area (Å²) in [5, 5.41) is 6.24. The number of aromatic nitrogens is 2. The van der Waals surface area contributed by atoms with Crippen molar-refractivity contribution in [3.63, 3.8) is 0 Å². The number of carbonyl (C=O) groups excluding carboxylic acids is 1. The molecule has 2 atom stereocenters. The van der Waals surface area contributed by atoms with E-state index in [4.69, 9.17) is 4.74 Å². The second-order valence-electron chi connectivity index (χ2n) is 6.34. The lowest BCUT2D eigenvalue weighted by atomic mass is 10.0. The van der Waals surface area contributed by atoms with Crippen molar-refractivity contribution in [1.82, 2.24) is 19.4 Å². The first-order valence-corrected chi connectivity index (χ1v) is 9.48. The third kappa shape index (κ3) is 2.66. The highest BCUT2D eigenvalue weighted by Gasteiger charge is 2.48. The molecule has 1 N–H and O–H groups in total. The number of hydrogen-bond donors (Lipinski definition) is 1. The minimum absolute atomic E-state index is 0.122. The number of hydrogen-bond acceptors (Lipinski definition) is 5. The Kier molecular flexibility index (Phi) is 3.66. The quantitative estimate of drug-likeness (QED) is 0.823. The molecule has 1 aromatic heterocycles. The van der Waals surface area contributed by atoms with Gasteiger partial charge in [0.2, 0.25) is 10.0 Å². The summed E-state index contributed by atoms with van der Waals surface area (Å²) in [5.74, 6) is -0.143. The Bertz CT molecular complexity index is 686. The standard InChI is InChI=1S/C14H20N4O4S/c19-14(11-3-5-15-16-11)17-6-4-13-12(9-17)18(7-8-22-13)23(20,21)10-1-2-10/h3,5,10,12-13H,1-2,4,6-9H2,(H,15,16)/t12-,13-/m0/s1. The third-order valence-electron chi connectivity index (χ3n) is 4.82. The van der Waals surface area contributed by atoms with Gasteiger partial charge in [-0.05, 0) is 25.3 Å². The molecular weight excluding hydrogens is 320 g/mol. The largest absolute Gasteiger partial charge is 0.375 e. The molecule has 9 heteroatoms. The number of fused-ring (bicyclic) bond motifs is 1. The molecular formula is C14H20N4O4S. The Morgan fingerprint density at radius 2 is 2.13 bits per heavy atom. The molecule has 0 radical (unpaired) electrons. The molecule has 3 fully saturated rings. The first-order chi connectivity index (χ1) is 11.1. The molecule has 0 aromatic carbocycles. The lowest BCUT2D eigenvalue weighted by Gasteiger charge is -2.46. The molecule has 1 aromatic rings. The van der Waals surface area contributed by atoms with Crippen molar-refractivity contribution in [2.45, 2.75) is 36.7 Å². The number of nitrogens with zero attached hydrogens (tertiary/aromatic N) is 3. The SMILES string of the molecule is O=C(c1ccn[nH]1)N1CC[C@@H]2OCCN(S(=O)(=O)C3CC3)[C@H]2C1. The summed E-state index contributed by atoms with van der Waals surface area (Å²) in [4.78, 5) is 14.2. The van der Waals surface area contributed by atoms with Gasteiger partial charge in [-0.25, -0.2) is 8.42 Å². The molecule has 1 amide bonds. The van der Waals surface area contributed by atoms with E-state index in [1.807, 2.05) is 0 Å². The third-order valence-corrected chi connectivity index (χ3v) is 7.25. The molecule has 4 rings (SSSR count). The van der Waals surface area contributed by atoms with Crippen molar-refractivity contribution in [1.29, 1.82) is 0 Å². The number of sulfonamides is 1. The van der Waals surface area contributed by atoms with Crippen LogP contribution in [-0.4, -0.2) is 77.4 Å². The molecule has 3 heterocycles. The summed E-state index contributed by atoms with van der Waals surface area (Å²) in [7, 11) is -3.27. The van der Waals surface area contributed by atoms with Gasteiger partial charge in [0.1, 0.15) is 5.69 Å². The Hall–Kier alpha value is -1.45. The maximum absolute atomic E-state index is 12.7. The van der Waals surface area contributed by atoms with Crippen LogP contribution in [0.3, 0.4) is 0 Å². The van der Waals surface area contributed by atoms with E-state index in [0.29, 0.717) is 38.4 Å². The Morgan fingerprint density at radius 1 is 1.30 bits per heavy atom. The zero-order valence-electron chi connectivity index (χ0n) is 12.7. The van der Waals surface area contributed by atoms with Crippen molar-refractivity contribution in [3.8, 4) is 0 Å². The lowest BCUT2D eigenvalue weighted by molar-refractivity contribution is -0.0707. The van der Waals surface area contributed by atoms with Crippen molar-refractivity contribution < 1.29 is 17.9 Å². The molecule has 0 bridgehead atoms. The Balaban J connectivity index is 1.55. The van der Waals surface area contributed by atoms with Gasteiger partial charge in [0.05, 0.1) is 24.0 Å². The van der Waals surface area contributed by atoms with Crippen LogP contribution in [0, 0.1) is 0 Å². The maximum atomic E-state index is 12.7. The van der Waals surface area contributed by atoms with Crippen LogP contribution in [-0.2, 0) is 14.8 Å². The summed E-state index contributed by atoms with van der Waals surface area (Å²) in [6.45, 7) is 1.75. The number of nitrogens with one attached hydrogen (secondary N) is 1. The van der Waals surface area contributed by atoms with Crippen LogP contribution < -0.4 is 0 Å². The highest BCUT2D eigenvalue weighted by atomic mass is 32.2. The fraction of sp³-hybridized carbons (Fsp3) is 0.714. The summed E-state index contributed by atoms with van der Waals surface area (Å²) >= 11 is 0. The predicted molar refractivity (Wildman–Crippen MR) is 81.3 cm³/mol. The summed E-state index contributed by atoms with van der Waals surface area (Å²) in [6.07, 6.45) is 3.55. The van der Waals surface area contributed by atoms with Gasteiger partial charge >= 0.3 is 0 Å². The van der Waals surface area contributed by atoms with Crippen molar-refractivity contribution in [2.24, 2.45) is 0 Å². The number of likely N-dealkylation sites (tertiary alicyclic amines) is 1. The Labute approximate surface area is 134 Å². The number of piperidine rings is 1. The van der Waals surface area contributed by atoms with Crippen LogP contribution in [0.25, 0.3) is 0 Å². The number of H-pyrrole nitrogens is 1. The number of carbonyl (C=O) groups is 1. The van der Waals surface area contributed by atoms with Gasteiger partial charge in [0.15, 0.2) is 0 Å². The van der Waals surface area contributed by atoms with Crippen LogP contribution >= 0.6 is 0 Å². The minimum Gasteiger partial charge on any atom is -0.375 e. The molecule has 2 aliphatic heterocycles. The highest BCUT2D eigenvalue weighted by molar-refractivity contribution is 7.90. The predicted octanol–water partition coefficient (Wildman–Crippen LogP) is -0.183. The van der Waals surface area contributed by atoms with Gasteiger partial charge in [0, 0.05) is 25.8 Å². The molecule has 3 aliphatic rings. The van der Waals surface area contributed by atoms with E-state index < -0.39 is 10.0 Å². The summed E-state index contributed by atoms with van der Waals surface area (Å²) in [6, 6.07) is 1.35. The van der Waals surface area contributed by atoms with E-state index in [2.05, 4.69) is 10.2 Å². The molecule has 0 spiro atoms. The van der Waals surface area contributed by atoms with Gasteiger partial charge < -0.3 is 9.64 Å².